The zero-order valence-corrected chi connectivity index (χ0v) is 20.1. The molecule has 3 aromatic rings. The van der Waals surface area contributed by atoms with Crippen LogP contribution in [0.3, 0.4) is 0 Å². The number of nitro groups is 1. The summed E-state index contributed by atoms with van der Waals surface area (Å²) in [6.45, 7) is 2.67. The molecule has 0 atom stereocenters. The summed E-state index contributed by atoms with van der Waals surface area (Å²) < 4.78 is 1.97. The van der Waals surface area contributed by atoms with Gasteiger partial charge in [0.15, 0.2) is 5.16 Å². The number of carbonyl (C=O) groups is 1. The number of nitrogens with zero attached hydrogens (tertiary/aromatic N) is 4. The minimum atomic E-state index is -0.487. The molecule has 1 heterocycles. The number of hydrogen-bond acceptors (Lipinski definition) is 7. The van der Waals surface area contributed by atoms with Crippen LogP contribution in [0, 0.1) is 10.1 Å². The molecule has 168 valence electrons. The Kier molecular flexibility index (Phi) is 8.80. The predicted molar refractivity (Wildman–Crippen MR) is 130 cm³/mol. The molecule has 3 rings (SSSR count). The second-order valence-electron chi connectivity index (χ2n) is 6.51. The van der Waals surface area contributed by atoms with Crippen molar-refractivity contribution < 1.29 is 9.72 Å². The third-order valence-corrected chi connectivity index (χ3v) is 6.84. The molecule has 1 N–H and O–H groups in total. The van der Waals surface area contributed by atoms with E-state index in [9.17, 15) is 14.9 Å². The normalized spacial score (nSPS) is 10.8. The van der Waals surface area contributed by atoms with Gasteiger partial charge >= 0.3 is 0 Å². The molecule has 2 aromatic carbocycles. The molecule has 12 heteroatoms. The number of nitrogens with one attached hydrogen (secondary N) is 1. The van der Waals surface area contributed by atoms with Crippen LogP contribution in [-0.2, 0) is 22.8 Å². The summed E-state index contributed by atoms with van der Waals surface area (Å²) in [5.74, 6) is 2.09. The molecule has 0 unspecified atom stereocenters. The van der Waals surface area contributed by atoms with Crippen molar-refractivity contribution in [2.24, 2.45) is 0 Å². The lowest BCUT2D eigenvalue weighted by atomic mass is 10.2. The van der Waals surface area contributed by atoms with Crippen molar-refractivity contribution in [2.75, 3.05) is 11.1 Å². The van der Waals surface area contributed by atoms with Crippen molar-refractivity contribution in [1.29, 1.82) is 0 Å². The van der Waals surface area contributed by atoms with Crippen LogP contribution in [0.4, 0.5) is 11.4 Å². The van der Waals surface area contributed by atoms with Gasteiger partial charge in [0.2, 0.25) is 5.91 Å². The molecular weight excluding hydrogens is 493 g/mol. The lowest BCUT2D eigenvalue weighted by molar-refractivity contribution is -0.384. The number of hydrogen-bond donors (Lipinski definition) is 1. The first-order valence-corrected chi connectivity index (χ1v) is 12.4. The molecule has 0 bridgehead atoms. The van der Waals surface area contributed by atoms with E-state index in [4.69, 9.17) is 23.2 Å². The zero-order chi connectivity index (χ0) is 23.1. The number of halogens is 2. The molecule has 0 radical (unpaired) electrons. The first-order chi connectivity index (χ1) is 15.4. The largest absolute Gasteiger partial charge is 0.325 e. The standard InChI is InChI=1S/C20H19Cl2N5O3S2/c1-2-26-18(11-31-10-13-3-4-14(21)9-17(13)22)24-25-20(26)32-12-19(28)23-15-5-7-16(8-6-15)27(29)30/h3-9H,2,10-12H2,1H3,(H,23,28). The lowest BCUT2D eigenvalue weighted by Crippen LogP contribution is -2.14. The molecule has 0 fully saturated rings. The second kappa shape index (κ2) is 11.6. The Morgan fingerprint density at radius 3 is 2.56 bits per heavy atom. The van der Waals surface area contributed by atoms with Gasteiger partial charge in [0.1, 0.15) is 5.82 Å². The van der Waals surface area contributed by atoms with Crippen molar-refractivity contribution >= 4 is 64.0 Å². The SMILES string of the molecule is CCn1c(CSCc2ccc(Cl)cc2Cl)nnc1SCC(=O)Nc1ccc([N+](=O)[O-])cc1. The van der Waals surface area contributed by atoms with Crippen molar-refractivity contribution in [3.05, 3.63) is 74.0 Å². The van der Waals surface area contributed by atoms with Gasteiger partial charge in [-0.1, -0.05) is 41.0 Å². The number of aromatic nitrogens is 3. The van der Waals surface area contributed by atoms with E-state index in [1.165, 1.54) is 36.0 Å². The summed E-state index contributed by atoms with van der Waals surface area (Å²) in [7, 11) is 0. The van der Waals surface area contributed by atoms with Gasteiger partial charge in [0.05, 0.1) is 16.4 Å². The number of thioether (sulfide) groups is 2. The van der Waals surface area contributed by atoms with E-state index < -0.39 is 4.92 Å². The minimum Gasteiger partial charge on any atom is -0.325 e. The third-order valence-electron chi connectivity index (χ3n) is 4.31. The maximum atomic E-state index is 12.2. The van der Waals surface area contributed by atoms with Gasteiger partial charge in [-0.05, 0) is 36.8 Å². The fraction of sp³-hybridized carbons (Fsp3) is 0.250. The average molecular weight is 512 g/mol. The Morgan fingerprint density at radius 2 is 1.91 bits per heavy atom. The zero-order valence-electron chi connectivity index (χ0n) is 17.0. The minimum absolute atomic E-state index is 0.0304. The predicted octanol–water partition coefficient (Wildman–Crippen LogP) is 5.68. The molecule has 8 nitrogen and oxygen atoms in total. The van der Waals surface area contributed by atoms with Gasteiger partial charge in [-0.25, -0.2) is 0 Å². The Hall–Kier alpha value is -2.27. The first kappa shape index (κ1) is 24.4. The van der Waals surface area contributed by atoms with Gasteiger partial charge in [0.25, 0.3) is 5.69 Å². The van der Waals surface area contributed by atoms with Crippen molar-refractivity contribution in [2.45, 2.75) is 30.1 Å². The highest BCUT2D eigenvalue weighted by molar-refractivity contribution is 7.99. The Balaban J connectivity index is 1.52. The molecule has 0 aliphatic rings. The summed E-state index contributed by atoms with van der Waals surface area (Å²) in [6.07, 6.45) is 0. The smallest absolute Gasteiger partial charge is 0.269 e. The van der Waals surface area contributed by atoms with Crippen LogP contribution in [0.1, 0.15) is 18.3 Å². The fourth-order valence-corrected chi connectivity index (χ4v) is 5.08. The van der Waals surface area contributed by atoms with Crippen LogP contribution in [-0.4, -0.2) is 31.3 Å². The molecule has 32 heavy (non-hydrogen) atoms. The summed E-state index contributed by atoms with van der Waals surface area (Å²) in [6, 6.07) is 11.1. The number of anilines is 1. The molecule has 1 aromatic heterocycles. The third kappa shape index (κ3) is 6.61. The molecule has 0 aliphatic heterocycles. The summed E-state index contributed by atoms with van der Waals surface area (Å²) >= 11 is 15.1. The lowest BCUT2D eigenvalue weighted by Gasteiger charge is -2.08. The van der Waals surface area contributed by atoms with Crippen molar-refractivity contribution in [3.8, 4) is 0 Å². The highest BCUT2D eigenvalue weighted by atomic mass is 35.5. The Morgan fingerprint density at radius 1 is 1.16 bits per heavy atom. The van der Waals surface area contributed by atoms with E-state index in [2.05, 4.69) is 15.5 Å². The number of rotatable bonds is 10. The summed E-state index contributed by atoms with van der Waals surface area (Å²) in [5.41, 5.74) is 1.47. The molecule has 0 spiro atoms. The van der Waals surface area contributed by atoms with Crippen LogP contribution in [0.2, 0.25) is 10.0 Å². The topological polar surface area (TPSA) is 103 Å². The van der Waals surface area contributed by atoms with Crippen LogP contribution < -0.4 is 5.32 Å². The Bertz CT molecular complexity index is 1110. The van der Waals surface area contributed by atoms with E-state index in [0.29, 0.717) is 38.9 Å². The molecule has 1 amide bonds. The molecule has 0 saturated carbocycles. The van der Waals surface area contributed by atoms with Crippen LogP contribution in [0.15, 0.2) is 47.6 Å². The van der Waals surface area contributed by atoms with Crippen LogP contribution >= 0.6 is 46.7 Å². The van der Waals surface area contributed by atoms with Crippen LogP contribution in [0.5, 0.6) is 0 Å². The fourth-order valence-electron chi connectivity index (χ4n) is 2.73. The summed E-state index contributed by atoms with van der Waals surface area (Å²) in [5, 5.41) is 23.8. The van der Waals surface area contributed by atoms with Crippen molar-refractivity contribution in [3.63, 3.8) is 0 Å². The van der Waals surface area contributed by atoms with E-state index in [1.54, 1.807) is 17.8 Å². The molecular formula is C20H19Cl2N5O3S2. The van der Waals surface area contributed by atoms with Crippen LogP contribution in [0.25, 0.3) is 0 Å². The highest BCUT2D eigenvalue weighted by Gasteiger charge is 2.14. The molecule has 0 saturated heterocycles. The molecule has 0 aliphatic carbocycles. The van der Waals surface area contributed by atoms with Gasteiger partial charge in [-0.15, -0.1) is 22.0 Å². The van der Waals surface area contributed by atoms with E-state index in [0.717, 1.165) is 11.4 Å². The quantitative estimate of drug-likeness (QED) is 0.212. The number of nitro benzene ring substituents is 1. The second-order valence-corrected chi connectivity index (χ2v) is 9.28. The van der Waals surface area contributed by atoms with Gasteiger partial charge in [-0.3, -0.25) is 14.9 Å². The first-order valence-electron chi connectivity index (χ1n) is 9.48. The number of amides is 1. The van der Waals surface area contributed by atoms with Gasteiger partial charge < -0.3 is 9.88 Å². The highest BCUT2D eigenvalue weighted by Crippen LogP contribution is 2.27. The van der Waals surface area contributed by atoms with E-state index in [-0.39, 0.29) is 17.3 Å². The monoisotopic (exact) mass is 511 g/mol. The van der Waals surface area contributed by atoms with E-state index >= 15 is 0 Å². The summed E-state index contributed by atoms with van der Waals surface area (Å²) in [4.78, 5) is 22.5. The maximum absolute atomic E-state index is 12.2. The number of benzene rings is 2. The maximum Gasteiger partial charge on any atom is 0.269 e. The number of carbonyl (C=O) groups excluding carboxylic acids is 1. The van der Waals surface area contributed by atoms with Gasteiger partial charge in [0, 0.05) is 40.2 Å². The van der Waals surface area contributed by atoms with Crippen molar-refractivity contribution in [1.82, 2.24) is 14.8 Å². The van der Waals surface area contributed by atoms with E-state index in [1.807, 2.05) is 23.6 Å². The average Bonchev–Trinajstić information content (AvgIpc) is 3.16. The van der Waals surface area contributed by atoms with Gasteiger partial charge in [-0.2, -0.15) is 0 Å². The number of non-ortho nitro benzene ring substituents is 1. The Labute approximate surface area is 203 Å².